The Kier molecular flexibility index (Phi) is 3.36. The summed E-state index contributed by atoms with van der Waals surface area (Å²) in [5.41, 5.74) is 0. The lowest BCUT2D eigenvalue weighted by Gasteiger charge is -2.02. The van der Waals surface area contributed by atoms with Gasteiger partial charge in [-0.3, -0.25) is 4.79 Å². The second-order valence-corrected chi connectivity index (χ2v) is 3.13. The van der Waals surface area contributed by atoms with Crippen LogP contribution >= 0.6 is 0 Å². The van der Waals surface area contributed by atoms with Crippen molar-refractivity contribution in [2.24, 2.45) is 5.92 Å². The first-order chi connectivity index (χ1) is 6.09. The van der Waals surface area contributed by atoms with Gasteiger partial charge in [0.05, 0.1) is 0 Å². The van der Waals surface area contributed by atoms with Gasteiger partial charge < -0.3 is 10.4 Å². The largest absolute Gasteiger partial charge is 0.480 e. The normalized spacial score (nSPS) is 27.2. The predicted molar refractivity (Wildman–Crippen MR) is 42.4 cm³/mol. The molecule has 0 aromatic rings. The van der Waals surface area contributed by atoms with Gasteiger partial charge in [0, 0.05) is 0 Å². The highest BCUT2D eigenvalue weighted by Crippen LogP contribution is 2.19. The van der Waals surface area contributed by atoms with Gasteiger partial charge in [-0.1, -0.05) is 0 Å². The number of halogens is 2. The van der Waals surface area contributed by atoms with Gasteiger partial charge in [0.2, 0.25) is 0 Å². The van der Waals surface area contributed by atoms with Crippen LogP contribution in [0.15, 0.2) is 12.2 Å². The number of nitrogens with one attached hydrogen (secondary N) is 1. The molecule has 0 aromatic heterocycles. The highest BCUT2D eigenvalue weighted by molar-refractivity contribution is 5.73. The molecule has 1 aliphatic rings. The highest BCUT2D eigenvalue weighted by Gasteiger charge is 2.28. The van der Waals surface area contributed by atoms with Gasteiger partial charge >= 0.3 is 5.97 Å². The minimum atomic E-state index is -1.70. The van der Waals surface area contributed by atoms with E-state index in [4.69, 9.17) is 5.11 Å². The van der Waals surface area contributed by atoms with Crippen molar-refractivity contribution in [1.29, 1.82) is 0 Å². The Morgan fingerprint density at radius 2 is 2.31 bits per heavy atom. The average molecular weight is 191 g/mol. The number of carboxylic acids is 1. The lowest BCUT2D eigenvalue weighted by Crippen LogP contribution is -2.29. The Morgan fingerprint density at radius 3 is 2.77 bits per heavy atom. The maximum absolute atomic E-state index is 11.7. The molecule has 1 fully saturated rings. The van der Waals surface area contributed by atoms with Crippen LogP contribution in [0, 0.1) is 5.92 Å². The Bertz CT molecular complexity index is 226. The zero-order valence-corrected chi connectivity index (χ0v) is 6.96. The number of rotatable bonds is 3. The van der Waals surface area contributed by atoms with E-state index in [-0.39, 0.29) is 12.3 Å². The maximum Gasteiger partial charge on any atom is 0.320 e. The molecule has 0 saturated carbocycles. The Morgan fingerprint density at radius 1 is 1.62 bits per heavy atom. The average Bonchev–Trinajstić information content (AvgIpc) is 2.48. The fourth-order valence-electron chi connectivity index (χ4n) is 1.43. The molecule has 0 amide bonds. The molecule has 1 saturated heterocycles. The minimum absolute atomic E-state index is 0.0163. The maximum atomic E-state index is 11.7. The number of hydrogen-bond donors (Lipinski definition) is 2. The summed E-state index contributed by atoms with van der Waals surface area (Å²) in [6, 6.07) is -0.568. The molecule has 0 aliphatic carbocycles. The summed E-state index contributed by atoms with van der Waals surface area (Å²) < 4.78 is 23.3. The molecule has 1 heterocycles. The molecule has 0 spiro atoms. The van der Waals surface area contributed by atoms with Crippen LogP contribution in [0.25, 0.3) is 0 Å². The number of carbonyl (C=O) groups is 1. The summed E-state index contributed by atoms with van der Waals surface area (Å²) in [5, 5.41) is 11.3. The highest BCUT2D eigenvalue weighted by atomic mass is 19.3. The first-order valence-corrected chi connectivity index (χ1v) is 4.07. The summed E-state index contributed by atoms with van der Waals surface area (Å²) in [4.78, 5) is 10.5. The van der Waals surface area contributed by atoms with E-state index in [1.165, 1.54) is 0 Å². The molecule has 1 aliphatic heterocycles. The molecule has 2 atom stereocenters. The SMILES string of the molecule is O=C(O)C1CC(CC=C(F)F)CN1. The lowest BCUT2D eigenvalue weighted by molar-refractivity contribution is -0.139. The van der Waals surface area contributed by atoms with E-state index < -0.39 is 18.1 Å². The fourth-order valence-corrected chi connectivity index (χ4v) is 1.43. The second-order valence-electron chi connectivity index (χ2n) is 3.13. The van der Waals surface area contributed by atoms with Crippen LogP contribution in [-0.4, -0.2) is 23.7 Å². The molecule has 5 heteroatoms. The minimum Gasteiger partial charge on any atom is -0.480 e. The molecule has 0 radical (unpaired) electrons. The van der Waals surface area contributed by atoms with Gasteiger partial charge in [-0.2, -0.15) is 8.78 Å². The summed E-state index contributed by atoms with van der Waals surface area (Å²) in [5.74, 6) is -0.894. The van der Waals surface area contributed by atoms with Gasteiger partial charge in [-0.05, 0) is 31.4 Å². The van der Waals surface area contributed by atoms with Crippen LogP contribution in [0.3, 0.4) is 0 Å². The lowest BCUT2D eigenvalue weighted by atomic mass is 10.0. The van der Waals surface area contributed by atoms with Gasteiger partial charge in [0.15, 0.2) is 0 Å². The number of aliphatic carboxylic acids is 1. The molecule has 0 aromatic carbocycles. The Labute approximate surface area is 74.4 Å². The molecule has 1 rings (SSSR count). The second kappa shape index (κ2) is 4.32. The Balaban J connectivity index is 2.33. The van der Waals surface area contributed by atoms with Crippen molar-refractivity contribution < 1.29 is 18.7 Å². The predicted octanol–water partition coefficient (Wildman–Crippen LogP) is 1.22. The van der Waals surface area contributed by atoms with Crippen LogP contribution < -0.4 is 5.32 Å². The quantitative estimate of drug-likeness (QED) is 0.705. The molecule has 13 heavy (non-hydrogen) atoms. The molecule has 2 N–H and O–H groups in total. The van der Waals surface area contributed by atoms with Crippen molar-refractivity contribution in [1.82, 2.24) is 5.32 Å². The van der Waals surface area contributed by atoms with Crippen molar-refractivity contribution in [2.45, 2.75) is 18.9 Å². The topological polar surface area (TPSA) is 49.3 Å². The van der Waals surface area contributed by atoms with Gasteiger partial charge in [0.1, 0.15) is 6.04 Å². The first kappa shape index (κ1) is 10.1. The third-order valence-corrected chi connectivity index (χ3v) is 2.13. The smallest absolute Gasteiger partial charge is 0.320 e. The van der Waals surface area contributed by atoms with E-state index in [1.54, 1.807) is 0 Å². The molecule has 2 unspecified atom stereocenters. The number of carboxylic acid groups (broad SMARTS) is 1. The Hall–Kier alpha value is -0.970. The van der Waals surface area contributed by atoms with Gasteiger partial charge in [-0.25, -0.2) is 0 Å². The monoisotopic (exact) mass is 191 g/mol. The van der Waals surface area contributed by atoms with E-state index >= 15 is 0 Å². The molecule has 3 nitrogen and oxygen atoms in total. The molecule has 0 bridgehead atoms. The summed E-state index contributed by atoms with van der Waals surface area (Å²) >= 11 is 0. The van der Waals surface area contributed by atoms with Crippen molar-refractivity contribution in [2.75, 3.05) is 6.54 Å². The van der Waals surface area contributed by atoms with E-state index in [2.05, 4.69) is 5.32 Å². The van der Waals surface area contributed by atoms with Crippen molar-refractivity contribution in [3.8, 4) is 0 Å². The van der Waals surface area contributed by atoms with Crippen LogP contribution in [0.2, 0.25) is 0 Å². The van der Waals surface area contributed by atoms with E-state index in [9.17, 15) is 13.6 Å². The van der Waals surface area contributed by atoms with E-state index in [0.29, 0.717) is 13.0 Å². The summed E-state index contributed by atoms with van der Waals surface area (Å²) in [6.45, 7) is 0.501. The van der Waals surface area contributed by atoms with Crippen molar-refractivity contribution in [3.05, 3.63) is 12.2 Å². The van der Waals surface area contributed by atoms with E-state index in [1.807, 2.05) is 0 Å². The first-order valence-electron chi connectivity index (χ1n) is 4.07. The summed E-state index contributed by atoms with van der Waals surface area (Å²) in [7, 11) is 0. The zero-order valence-electron chi connectivity index (χ0n) is 6.96. The van der Waals surface area contributed by atoms with Crippen LogP contribution in [0.1, 0.15) is 12.8 Å². The number of hydrogen-bond acceptors (Lipinski definition) is 2. The van der Waals surface area contributed by atoms with Gasteiger partial charge in [0.25, 0.3) is 6.08 Å². The zero-order chi connectivity index (χ0) is 9.84. The third kappa shape index (κ3) is 3.10. The van der Waals surface area contributed by atoms with Crippen LogP contribution in [0.5, 0.6) is 0 Å². The van der Waals surface area contributed by atoms with Crippen molar-refractivity contribution in [3.63, 3.8) is 0 Å². The van der Waals surface area contributed by atoms with Crippen molar-refractivity contribution >= 4 is 5.97 Å². The van der Waals surface area contributed by atoms with Crippen LogP contribution in [-0.2, 0) is 4.79 Å². The molecular weight excluding hydrogens is 180 g/mol. The fraction of sp³-hybridized carbons (Fsp3) is 0.625. The number of allylic oxidation sites excluding steroid dienone is 1. The van der Waals surface area contributed by atoms with Gasteiger partial charge in [-0.15, -0.1) is 0 Å². The van der Waals surface area contributed by atoms with Crippen LogP contribution in [0.4, 0.5) is 8.78 Å². The third-order valence-electron chi connectivity index (χ3n) is 2.13. The standard InChI is InChI=1S/C8H11F2NO2/c9-7(10)2-1-5-3-6(8(12)13)11-4-5/h2,5-6,11H,1,3-4H2,(H,12,13). The van der Waals surface area contributed by atoms with E-state index in [0.717, 1.165) is 6.08 Å². The molecular formula is C8H11F2NO2. The summed E-state index contributed by atoms with van der Waals surface area (Å²) in [6.07, 6.45) is -0.173. The molecule has 74 valence electrons.